The zero-order valence-electron chi connectivity index (χ0n) is 19.7. The Bertz CT molecular complexity index is 1230. The molecule has 3 aromatic rings. The van der Waals surface area contributed by atoms with Crippen molar-refractivity contribution in [3.63, 3.8) is 0 Å². The maximum Gasteiger partial charge on any atom is 0.321 e. The SMILES string of the molecule is CCOC(=O)CN(Cc1ccc(OCc2ccccc2)cc1)S(=O)(=O)C1CCc2ccccc2N1. The molecule has 0 saturated carbocycles. The lowest BCUT2D eigenvalue weighted by atomic mass is 10.0. The minimum absolute atomic E-state index is 0.0555. The van der Waals surface area contributed by atoms with Gasteiger partial charge < -0.3 is 14.8 Å². The summed E-state index contributed by atoms with van der Waals surface area (Å²) >= 11 is 0. The van der Waals surface area contributed by atoms with Crippen molar-refractivity contribution in [2.24, 2.45) is 0 Å². The van der Waals surface area contributed by atoms with Gasteiger partial charge in [0.2, 0.25) is 10.0 Å². The topological polar surface area (TPSA) is 84.9 Å². The number of nitrogens with one attached hydrogen (secondary N) is 1. The molecule has 0 spiro atoms. The summed E-state index contributed by atoms with van der Waals surface area (Å²) in [6, 6.07) is 24.8. The molecule has 0 aliphatic carbocycles. The average Bonchev–Trinajstić information content (AvgIpc) is 2.88. The molecule has 0 fully saturated rings. The number of sulfonamides is 1. The Morgan fingerprint density at radius 1 is 0.971 bits per heavy atom. The van der Waals surface area contributed by atoms with Crippen molar-refractivity contribution in [2.45, 2.75) is 38.3 Å². The molecule has 0 radical (unpaired) electrons. The van der Waals surface area contributed by atoms with Crippen LogP contribution < -0.4 is 10.1 Å². The molecule has 0 saturated heterocycles. The van der Waals surface area contributed by atoms with E-state index in [-0.39, 0.29) is 19.7 Å². The van der Waals surface area contributed by atoms with Crippen LogP contribution in [0.4, 0.5) is 5.69 Å². The van der Waals surface area contributed by atoms with Crippen molar-refractivity contribution in [2.75, 3.05) is 18.5 Å². The van der Waals surface area contributed by atoms with Crippen molar-refractivity contribution in [1.82, 2.24) is 4.31 Å². The molecule has 7 nitrogen and oxygen atoms in total. The van der Waals surface area contributed by atoms with E-state index in [4.69, 9.17) is 9.47 Å². The van der Waals surface area contributed by atoms with Crippen LogP contribution in [0.25, 0.3) is 0 Å². The van der Waals surface area contributed by atoms with Gasteiger partial charge >= 0.3 is 5.97 Å². The number of aryl methyl sites for hydroxylation is 1. The molecular weight excluding hydrogens is 464 g/mol. The third-order valence-electron chi connectivity index (χ3n) is 5.87. The lowest BCUT2D eigenvalue weighted by molar-refractivity contribution is -0.143. The molecule has 0 bridgehead atoms. The van der Waals surface area contributed by atoms with Gasteiger partial charge in [-0.05, 0) is 54.7 Å². The molecule has 1 heterocycles. The summed E-state index contributed by atoms with van der Waals surface area (Å²) in [4.78, 5) is 12.3. The second-order valence-electron chi connectivity index (χ2n) is 8.37. The van der Waals surface area contributed by atoms with Crippen LogP contribution in [0.3, 0.4) is 0 Å². The Hall–Kier alpha value is -3.36. The fourth-order valence-electron chi connectivity index (χ4n) is 4.04. The minimum atomic E-state index is -3.84. The highest BCUT2D eigenvalue weighted by Crippen LogP contribution is 2.28. The van der Waals surface area contributed by atoms with Gasteiger partial charge in [-0.25, -0.2) is 8.42 Å². The Balaban J connectivity index is 1.48. The highest BCUT2D eigenvalue weighted by Gasteiger charge is 2.35. The Morgan fingerprint density at radius 2 is 1.69 bits per heavy atom. The van der Waals surface area contributed by atoms with Crippen LogP contribution in [0, 0.1) is 0 Å². The van der Waals surface area contributed by atoms with Crippen LogP contribution in [0.15, 0.2) is 78.9 Å². The zero-order chi connectivity index (χ0) is 24.7. The predicted molar refractivity (Wildman–Crippen MR) is 135 cm³/mol. The van der Waals surface area contributed by atoms with Crippen LogP contribution >= 0.6 is 0 Å². The molecule has 0 aromatic heterocycles. The van der Waals surface area contributed by atoms with Gasteiger partial charge in [-0.15, -0.1) is 0 Å². The Labute approximate surface area is 206 Å². The second-order valence-corrected chi connectivity index (χ2v) is 10.5. The molecule has 35 heavy (non-hydrogen) atoms. The maximum atomic E-state index is 13.6. The van der Waals surface area contributed by atoms with E-state index in [0.29, 0.717) is 25.2 Å². The van der Waals surface area contributed by atoms with Gasteiger partial charge in [0, 0.05) is 12.2 Å². The molecule has 1 atom stereocenters. The number of carbonyl (C=O) groups excluding carboxylic acids is 1. The zero-order valence-corrected chi connectivity index (χ0v) is 20.5. The van der Waals surface area contributed by atoms with Crippen molar-refractivity contribution in [3.8, 4) is 5.75 Å². The molecule has 4 rings (SSSR count). The molecule has 184 valence electrons. The molecule has 8 heteroatoms. The van der Waals surface area contributed by atoms with E-state index >= 15 is 0 Å². The maximum absolute atomic E-state index is 13.6. The summed E-state index contributed by atoms with van der Waals surface area (Å²) < 4.78 is 39.3. The van der Waals surface area contributed by atoms with E-state index in [1.807, 2.05) is 78.9 Å². The Kier molecular flexibility index (Phi) is 8.05. The highest BCUT2D eigenvalue weighted by atomic mass is 32.2. The summed E-state index contributed by atoms with van der Waals surface area (Å²) in [6.07, 6.45) is 1.07. The first-order valence-electron chi connectivity index (χ1n) is 11.7. The molecule has 3 aromatic carbocycles. The smallest absolute Gasteiger partial charge is 0.321 e. The van der Waals surface area contributed by atoms with Crippen molar-refractivity contribution in [1.29, 1.82) is 0 Å². The van der Waals surface area contributed by atoms with Gasteiger partial charge in [0.1, 0.15) is 24.3 Å². The molecule has 0 amide bonds. The lowest BCUT2D eigenvalue weighted by Crippen LogP contribution is -2.46. The summed E-state index contributed by atoms with van der Waals surface area (Å²) in [7, 11) is -3.84. The van der Waals surface area contributed by atoms with Crippen LogP contribution in [0.5, 0.6) is 5.75 Å². The summed E-state index contributed by atoms with van der Waals surface area (Å²) in [5.41, 5.74) is 3.70. The van der Waals surface area contributed by atoms with E-state index in [2.05, 4.69) is 5.32 Å². The summed E-state index contributed by atoms with van der Waals surface area (Å²) in [6.45, 7) is 2.04. The van der Waals surface area contributed by atoms with E-state index < -0.39 is 21.4 Å². The molecular formula is C27H30N2O5S. The summed E-state index contributed by atoms with van der Waals surface area (Å²) in [5.74, 6) is 0.109. The van der Waals surface area contributed by atoms with Crippen molar-refractivity contribution in [3.05, 3.63) is 95.6 Å². The van der Waals surface area contributed by atoms with E-state index in [0.717, 1.165) is 22.4 Å². The van der Waals surface area contributed by atoms with Gasteiger partial charge in [-0.1, -0.05) is 60.7 Å². The number of rotatable bonds is 10. The van der Waals surface area contributed by atoms with Crippen LogP contribution in [-0.4, -0.2) is 37.2 Å². The standard InChI is InChI=1S/C27H30N2O5S/c1-2-33-27(30)19-29(35(31,32)26-17-14-23-10-6-7-11-25(23)28-26)18-21-12-15-24(16-13-21)34-20-22-8-4-3-5-9-22/h3-13,15-16,26,28H,2,14,17-20H2,1H3. The number of hydrogen-bond donors (Lipinski definition) is 1. The predicted octanol–water partition coefficient (Wildman–Crippen LogP) is 4.34. The van der Waals surface area contributed by atoms with E-state index in [9.17, 15) is 13.2 Å². The fraction of sp³-hybridized carbons (Fsp3) is 0.296. The van der Waals surface area contributed by atoms with Crippen LogP contribution in [0.2, 0.25) is 0 Å². The van der Waals surface area contributed by atoms with Crippen LogP contribution in [-0.2, 0) is 39.1 Å². The van der Waals surface area contributed by atoms with Gasteiger partial charge in [0.05, 0.1) is 6.61 Å². The van der Waals surface area contributed by atoms with Gasteiger partial charge in [-0.2, -0.15) is 4.31 Å². The largest absolute Gasteiger partial charge is 0.489 e. The van der Waals surface area contributed by atoms with Crippen molar-refractivity contribution < 1.29 is 22.7 Å². The molecule has 1 aliphatic heterocycles. The lowest BCUT2D eigenvalue weighted by Gasteiger charge is -2.31. The van der Waals surface area contributed by atoms with Crippen LogP contribution in [0.1, 0.15) is 30.0 Å². The normalized spacial score (nSPS) is 15.2. The number of benzene rings is 3. The van der Waals surface area contributed by atoms with E-state index in [1.54, 1.807) is 6.92 Å². The van der Waals surface area contributed by atoms with Gasteiger partial charge in [-0.3, -0.25) is 4.79 Å². The van der Waals surface area contributed by atoms with Gasteiger partial charge in [0.15, 0.2) is 0 Å². The first kappa shape index (κ1) is 24.8. The number of carbonyl (C=O) groups is 1. The number of para-hydroxylation sites is 1. The first-order valence-corrected chi connectivity index (χ1v) is 13.2. The number of esters is 1. The monoisotopic (exact) mass is 494 g/mol. The highest BCUT2D eigenvalue weighted by molar-refractivity contribution is 7.89. The third-order valence-corrected chi connectivity index (χ3v) is 7.92. The average molecular weight is 495 g/mol. The number of ether oxygens (including phenoxy) is 2. The third kappa shape index (κ3) is 6.41. The molecule has 1 aliphatic rings. The number of nitrogens with zero attached hydrogens (tertiary/aromatic N) is 1. The van der Waals surface area contributed by atoms with Gasteiger partial charge in [0.25, 0.3) is 0 Å². The number of hydrogen-bond acceptors (Lipinski definition) is 6. The van der Waals surface area contributed by atoms with Crippen molar-refractivity contribution >= 4 is 21.7 Å². The fourth-order valence-corrected chi connectivity index (χ4v) is 5.70. The van der Waals surface area contributed by atoms with E-state index in [1.165, 1.54) is 4.31 Å². The minimum Gasteiger partial charge on any atom is -0.489 e. The second kappa shape index (κ2) is 11.4. The molecule has 1 unspecified atom stereocenters. The number of fused-ring (bicyclic) bond motifs is 1. The first-order chi connectivity index (χ1) is 17.0. The quantitative estimate of drug-likeness (QED) is 0.422. The molecule has 1 N–H and O–H groups in total. The Morgan fingerprint density at radius 3 is 2.43 bits per heavy atom. The number of anilines is 1. The summed E-state index contributed by atoms with van der Waals surface area (Å²) in [5, 5.41) is 2.33.